The van der Waals surface area contributed by atoms with Crippen LogP contribution in [0.2, 0.25) is 0 Å². The number of nitrogens with zero attached hydrogens (tertiary/aromatic N) is 3. The van der Waals surface area contributed by atoms with Crippen LogP contribution in [0.4, 0.5) is 0 Å². The number of hydrogen-bond acceptors (Lipinski definition) is 7. The molecule has 0 aliphatic rings. The molecule has 1 aromatic carbocycles. The van der Waals surface area contributed by atoms with Gasteiger partial charge in [0.25, 0.3) is 5.56 Å². The topological polar surface area (TPSA) is 87.2 Å². The Morgan fingerprint density at radius 2 is 2.07 bits per heavy atom. The van der Waals surface area contributed by atoms with E-state index in [0.717, 1.165) is 5.56 Å². The minimum atomic E-state index is -0.464. The van der Waals surface area contributed by atoms with Gasteiger partial charge >= 0.3 is 5.97 Å². The molecule has 0 atom stereocenters. The van der Waals surface area contributed by atoms with Gasteiger partial charge in [-0.05, 0) is 29.8 Å². The molecule has 0 aliphatic carbocycles. The number of carbonyl (C=O) groups is 1. The highest BCUT2D eigenvalue weighted by molar-refractivity contribution is 7.98. The van der Waals surface area contributed by atoms with Gasteiger partial charge in [-0.15, -0.1) is 0 Å². The zero-order valence-electron chi connectivity index (χ0n) is 15.6. The van der Waals surface area contributed by atoms with Crippen molar-refractivity contribution in [1.82, 2.24) is 14.5 Å². The largest absolute Gasteiger partial charge is 0.468 e. The first kappa shape index (κ1) is 18.9. The molecule has 3 aromatic heterocycles. The standard InChI is InChI=1S/C21H17N3O4S/c1-27-20(26)16-8-10-28-18(16)13-29-21-23-17-7-3-2-6-15(17)19(25)24(21)12-14-5-4-9-22-11-14/h2-11H,12-13H2,1H3. The highest BCUT2D eigenvalue weighted by Gasteiger charge is 2.18. The summed E-state index contributed by atoms with van der Waals surface area (Å²) in [6.07, 6.45) is 4.85. The van der Waals surface area contributed by atoms with Crippen molar-refractivity contribution in [3.05, 3.63) is 88.4 Å². The number of hydrogen-bond donors (Lipinski definition) is 0. The van der Waals surface area contributed by atoms with Crippen LogP contribution >= 0.6 is 11.8 Å². The number of para-hydroxylation sites is 1. The maximum atomic E-state index is 13.1. The quantitative estimate of drug-likeness (QED) is 0.275. The van der Waals surface area contributed by atoms with E-state index < -0.39 is 5.97 Å². The van der Waals surface area contributed by atoms with E-state index in [1.54, 1.807) is 29.1 Å². The molecule has 4 aromatic rings. The summed E-state index contributed by atoms with van der Waals surface area (Å²) in [4.78, 5) is 33.8. The number of fused-ring (bicyclic) bond motifs is 1. The summed E-state index contributed by atoms with van der Waals surface area (Å²) >= 11 is 1.33. The van der Waals surface area contributed by atoms with E-state index in [4.69, 9.17) is 9.15 Å². The maximum absolute atomic E-state index is 13.1. The SMILES string of the molecule is COC(=O)c1ccoc1CSc1nc2ccccc2c(=O)n1Cc1cccnc1. The highest BCUT2D eigenvalue weighted by Crippen LogP contribution is 2.25. The van der Waals surface area contributed by atoms with Crippen LogP contribution in [-0.2, 0) is 17.0 Å². The first-order valence-electron chi connectivity index (χ1n) is 8.83. The third-order valence-electron chi connectivity index (χ3n) is 4.37. The maximum Gasteiger partial charge on any atom is 0.341 e. The molecular weight excluding hydrogens is 390 g/mol. The summed E-state index contributed by atoms with van der Waals surface area (Å²) in [5.41, 5.74) is 1.74. The van der Waals surface area contributed by atoms with Crippen molar-refractivity contribution >= 4 is 28.6 Å². The lowest BCUT2D eigenvalue weighted by atomic mass is 10.2. The third-order valence-corrected chi connectivity index (χ3v) is 5.35. The van der Waals surface area contributed by atoms with Gasteiger partial charge in [0.1, 0.15) is 11.3 Å². The zero-order chi connectivity index (χ0) is 20.2. The van der Waals surface area contributed by atoms with Gasteiger partial charge in [-0.1, -0.05) is 30.0 Å². The van der Waals surface area contributed by atoms with Crippen LogP contribution in [0.1, 0.15) is 21.7 Å². The summed E-state index contributed by atoms with van der Waals surface area (Å²) < 4.78 is 11.8. The molecule has 0 bridgehead atoms. The first-order chi connectivity index (χ1) is 14.2. The average Bonchev–Trinajstić information content (AvgIpc) is 3.23. The van der Waals surface area contributed by atoms with Gasteiger partial charge in [-0.2, -0.15) is 0 Å². The summed E-state index contributed by atoms with van der Waals surface area (Å²) in [7, 11) is 1.32. The van der Waals surface area contributed by atoms with Crippen LogP contribution in [0.15, 0.2) is 75.5 Å². The molecule has 7 nitrogen and oxygen atoms in total. The van der Waals surface area contributed by atoms with E-state index >= 15 is 0 Å². The molecule has 3 heterocycles. The number of methoxy groups -OCH3 is 1. The van der Waals surface area contributed by atoms with Crippen LogP contribution in [0.3, 0.4) is 0 Å². The molecule has 0 radical (unpaired) electrons. The van der Waals surface area contributed by atoms with E-state index in [2.05, 4.69) is 9.97 Å². The predicted octanol–water partition coefficient (Wildman–Crippen LogP) is 3.51. The molecular formula is C21H17N3O4S. The third kappa shape index (κ3) is 3.93. The molecule has 0 fully saturated rings. The van der Waals surface area contributed by atoms with Gasteiger partial charge in [0.15, 0.2) is 5.16 Å². The monoisotopic (exact) mass is 407 g/mol. The van der Waals surface area contributed by atoms with Crippen LogP contribution in [0.5, 0.6) is 0 Å². The van der Waals surface area contributed by atoms with Gasteiger partial charge in [0.05, 0.1) is 36.6 Å². The fourth-order valence-corrected chi connectivity index (χ4v) is 3.90. The molecule has 0 amide bonds. The summed E-state index contributed by atoms with van der Waals surface area (Å²) in [6, 6.07) is 12.5. The molecule has 146 valence electrons. The second-order valence-corrected chi connectivity index (χ2v) is 7.14. The Balaban J connectivity index is 1.72. The molecule has 0 unspecified atom stereocenters. The minimum Gasteiger partial charge on any atom is -0.468 e. The van der Waals surface area contributed by atoms with Crippen molar-refractivity contribution in [3.8, 4) is 0 Å². The smallest absolute Gasteiger partial charge is 0.341 e. The second kappa shape index (κ2) is 8.32. The van der Waals surface area contributed by atoms with Gasteiger partial charge in [-0.3, -0.25) is 14.3 Å². The van der Waals surface area contributed by atoms with Crippen molar-refractivity contribution in [3.63, 3.8) is 0 Å². The van der Waals surface area contributed by atoms with Crippen molar-refractivity contribution in [2.45, 2.75) is 17.5 Å². The first-order valence-corrected chi connectivity index (χ1v) is 9.82. The van der Waals surface area contributed by atoms with E-state index in [0.29, 0.717) is 39.7 Å². The lowest BCUT2D eigenvalue weighted by molar-refractivity contribution is 0.0598. The lowest BCUT2D eigenvalue weighted by Crippen LogP contribution is -2.24. The molecule has 0 N–H and O–H groups in total. The highest BCUT2D eigenvalue weighted by atomic mass is 32.2. The fraction of sp³-hybridized carbons (Fsp3) is 0.143. The molecule has 29 heavy (non-hydrogen) atoms. The molecule has 0 saturated carbocycles. The average molecular weight is 407 g/mol. The Kier molecular flexibility index (Phi) is 5.44. The lowest BCUT2D eigenvalue weighted by Gasteiger charge is -2.13. The van der Waals surface area contributed by atoms with Crippen LogP contribution in [0.25, 0.3) is 10.9 Å². The molecule has 0 spiro atoms. The van der Waals surface area contributed by atoms with Gasteiger partial charge in [0.2, 0.25) is 0 Å². The number of thioether (sulfide) groups is 1. The minimum absolute atomic E-state index is 0.130. The summed E-state index contributed by atoms with van der Waals surface area (Å²) in [5.74, 6) is 0.334. The predicted molar refractivity (Wildman–Crippen MR) is 109 cm³/mol. The number of carbonyl (C=O) groups excluding carboxylic acids is 1. The van der Waals surface area contributed by atoms with Gasteiger partial charge < -0.3 is 9.15 Å². The number of esters is 1. The van der Waals surface area contributed by atoms with Crippen LogP contribution in [0, 0.1) is 0 Å². The van der Waals surface area contributed by atoms with Crippen LogP contribution in [-0.4, -0.2) is 27.6 Å². The second-order valence-electron chi connectivity index (χ2n) is 6.20. The van der Waals surface area contributed by atoms with Crippen molar-refractivity contribution in [1.29, 1.82) is 0 Å². The Hall–Kier alpha value is -3.39. The molecule has 0 aliphatic heterocycles. The van der Waals surface area contributed by atoms with Crippen molar-refractivity contribution < 1.29 is 13.9 Å². The molecule has 8 heteroatoms. The number of rotatable bonds is 6. The molecule has 0 saturated heterocycles. The van der Waals surface area contributed by atoms with Crippen LogP contribution < -0.4 is 5.56 Å². The van der Waals surface area contributed by atoms with Gasteiger partial charge in [-0.25, -0.2) is 9.78 Å². The van der Waals surface area contributed by atoms with E-state index in [1.165, 1.54) is 25.1 Å². The molecule has 4 rings (SSSR count). The zero-order valence-corrected chi connectivity index (χ0v) is 16.4. The van der Waals surface area contributed by atoms with E-state index in [1.807, 2.05) is 30.3 Å². The van der Waals surface area contributed by atoms with E-state index in [9.17, 15) is 9.59 Å². The Labute approximate surface area is 170 Å². The normalized spacial score (nSPS) is 10.9. The Morgan fingerprint density at radius 3 is 2.86 bits per heavy atom. The van der Waals surface area contributed by atoms with E-state index in [-0.39, 0.29) is 5.56 Å². The van der Waals surface area contributed by atoms with Crippen molar-refractivity contribution in [2.24, 2.45) is 0 Å². The summed E-state index contributed by atoms with van der Waals surface area (Å²) in [5, 5.41) is 1.08. The van der Waals surface area contributed by atoms with Gasteiger partial charge in [0, 0.05) is 12.4 Å². The Morgan fingerprint density at radius 1 is 1.21 bits per heavy atom. The summed E-state index contributed by atoms with van der Waals surface area (Å²) in [6.45, 7) is 0.342. The number of aromatic nitrogens is 3. The van der Waals surface area contributed by atoms with Crippen molar-refractivity contribution in [2.75, 3.05) is 7.11 Å². The number of benzene rings is 1. The fourth-order valence-electron chi connectivity index (χ4n) is 2.95. The number of pyridine rings is 1. The number of ether oxygens (including phenoxy) is 1. The Bertz CT molecular complexity index is 1220. The number of furan rings is 1.